The molecule has 240 valence electrons. The molecular weight excluding hydrogens is 593 g/mol. The van der Waals surface area contributed by atoms with Crippen LogP contribution in [0.1, 0.15) is 67.1 Å². The van der Waals surface area contributed by atoms with Crippen molar-refractivity contribution in [1.82, 2.24) is 0 Å². The summed E-state index contributed by atoms with van der Waals surface area (Å²) in [5, 5.41) is 14.7. The van der Waals surface area contributed by atoms with E-state index >= 15 is 0 Å². The van der Waals surface area contributed by atoms with Crippen LogP contribution in [-0.4, -0.2) is 28.8 Å². The number of anilines is 2. The zero-order valence-corrected chi connectivity index (χ0v) is 25.9. The number of benzene rings is 4. The lowest BCUT2D eigenvalue weighted by Gasteiger charge is -2.21. The molecule has 0 saturated heterocycles. The number of carboxylic acid groups (broad SMARTS) is 1. The number of ketones is 1. The first-order valence-corrected chi connectivity index (χ1v) is 15.0. The summed E-state index contributed by atoms with van der Waals surface area (Å²) in [6.45, 7) is 6.48. The molecule has 0 heterocycles. The van der Waals surface area contributed by atoms with Crippen molar-refractivity contribution in [2.45, 2.75) is 64.1 Å². The van der Waals surface area contributed by atoms with E-state index in [1.165, 1.54) is 17.7 Å². The number of amides is 1. The molecule has 0 radical (unpaired) electrons. The third-order valence-corrected chi connectivity index (χ3v) is 7.62. The average molecular weight is 631 g/mol. The number of alkyl halides is 3. The van der Waals surface area contributed by atoms with E-state index in [-0.39, 0.29) is 42.6 Å². The Morgan fingerprint density at radius 2 is 1.22 bits per heavy atom. The van der Waals surface area contributed by atoms with Gasteiger partial charge in [0.15, 0.2) is 5.78 Å². The lowest BCUT2D eigenvalue weighted by atomic mass is 9.86. The van der Waals surface area contributed by atoms with Crippen LogP contribution in [0.25, 0.3) is 11.1 Å². The highest BCUT2D eigenvalue weighted by atomic mass is 19.4. The van der Waals surface area contributed by atoms with Crippen molar-refractivity contribution in [1.29, 1.82) is 0 Å². The van der Waals surface area contributed by atoms with Gasteiger partial charge in [0, 0.05) is 36.2 Å². The maximum Gasteiger partial charge on any atom is 0.416 e. The van der Waals surface area contributed by atoms with E-state index in [0.29, 0.717) is 11.3 Å². The molecule has 0 bridgehead atoms. The van der Waals surface area contributed by atoms with Crippen molar-refractivity contribution in [3.63, 3.8) is 0 Å². The SMILES string of the molecule is CC(C)(C)c1ccc(-c2ccc(C[C@@H](Nc3ccc(C(=O)CCCC(=O)O)cc3)C(=O)Nc3ccc(C(F)(F)F)cc3)cc2)cc1. The highest BCUT2D eigenvalue weighted by Crippen LogP contribution is 2.30. The molecule has 0 fully saturated rings. The Bertz CT molecular complexity index is 1640. The Balaban J connectivity index is 1.51. The molecule has 3 N–H and O–H groups in total. The van der Waals surface area contributed by atoms with E-state index in [0.717, 1.165) is 28.8 Å². The van der Waals surface area contributed by atoms with Gasteiger partial charge in [0.1, 0.15) is 6.04 Å². The number of hydrogen-bond acceptors (Lipinski definition) is 4. The molecule has 4 aromatic carbocycles. The topological polar surface area (TPSA) is 95.5 Å². The van der Waals surface area contributed by atoms with Crippen LogP contribution in [-0.2, 0) is 27.6 Å². The van der Waals surface area contributed by atoms with E-state index < -0.39 is 29.7 Å². The number of carboxylic acids is 1. The quantitative estimate of drug-likeness (QED) is 0.136. The standard InChI is InChI=1S/C37H37F3N2O4/c1-36(2,3)28-15-11-26(12-16-28)25-9-7-24(8-10-25)23-32(35(46)42-31-21-17-29(18-22-31)37(38,39)40)41-30-19-13-27(14-20-30)33(43)5-4-6-34(44)45/h7-22,32,41H,4-6,23H2,1-3H3,(H,42,46)(H,44,45)/t32-/m1/s1. The molecule has 4 rings (SSSR count). The molecule has 0 aliphatic carbocycles. The second-order valence-electron chi connectivity index (χ2n) is 12.2. The summed E-state index contributed by atoms with van der Waals surface area (Å²) in [4.78, 5) is 36.6. The Kier molecular flexibility index (Phi) is 10.7. The van der Waals surface area contributed by atoms with Crippen LogP contribution in [0.5, 0.6) is 0 Å². The molecule has 0 aliphatic rings. The molecule has 0 saturated carbocycles. The van der Waals surface area contributed by atoms with Gasteiger partial charge in [-0.15, -0.1) is 0 Å². The minimum Gasteiger partial charge on any atom is -0.481 e. The van der Waals surface area contributed by atoms with Gasteiger partial charge in [-0.25, -0.2) is 0 Å². The third kappa shape index (κ3) is 9.54. The lowest BCUT2D eigenvalue weighted by molar-refractivity contribution is -0.138. The fourth-order valence-corrected chi connectivity index (χ4v) is 4.91. The molecular formula is C37H37F3N2O4. The van der Waals surface area contributed by atoms with E-state index in [1.807, 2.05) is 24.3 Å². The number of Topliss-reactive ketones (excluding diaryl/α,β-unsaturated/α-hetero) is 1. The van der Waals surface area contributed by atoms with E-state index in [1.54, 1.807) is 24.3 Å². The fraction of sp³-hybridized carbons (Fsp3) is 0.270. The van der Waals surface area contributed by atoms with Crippen molar-refractivity contribution in [2.75, 3.05) is 10.6 Å². The van der Waals surface area contributed by atoms with Crippen LogP contribution in [0.15, 0.2) is 97.1 Å². The molecule has 9 heteroatoms. The van der Waals surface area contributed by atoms with Crippen molar-refractivity contribution in [3.8, 4) is 11.1 Å². The van der Waals surface area contributed by atoms with Crippen LogP contribution in [0.3, 0.4) is 0 Å². The number of carbonyl (C=O) groups excluding carboxylic acids is 2. The van der Waals surface area contributed by atoms with Gasteiger partial charge in [-0.3, -0.25) is 14.4 Å². The van der Waals surface area contributed by atoms with Gasteiger partial charge in [0.25, 0.3) is 0 Å². The number of halogens is 3. The van der Waals surface area contributed by atoms with Crippen molar-refractivity contribution < 1.29 is 32.7 Å². The molecule has 1 amide bonds. The molecule has 0 aliphatic heterocycles. The Morgan fingerprint density at radius 3 is 1.74 bits per heavy atom. The number of hydrogen-bond donors (Lipinski definition) is 3. The monoisotopic (exact) mass is 630 g/mol. The van der Waals surface area contributed by atoms with Gasteiger partial charge in [-0.2, -0.15) is 13.2 Å². The number of carbonyl (C=O) groups is 3. The number of nitrogens with one attached hydrogen (secondary N) is 2. The normalized spacial score (nSPS) is 12.3. The van der Waals surface area contributed by atoms with Gasteiger partial charge >= 0.3 is 12.1 Å². The van der Waals surface area contributed by atoms with Crippen LogP contribution >= 0.6 is 0 Å². The lowest BCUT2D eigenvalue weighted by Crippen LogP contribution is -2.36. The number of aliphatic carboxylic acids is 1. The molecule has 6 nitrogen and oxygen atoms in total. The highest BCUT2D eigenvalue weighted by molar-refractivity contribution is 5.98. The molecule has 1 atom stereocenters. The second-order valence-corrected chi connectivity index (χ2v) is 12.2. The Hall–Kier alpha value is -4.92. The predicted molar refractivity (Wildman–Crippen MR) is 174 cm³/mol. The summed E-state index contributed by atoms with van der Waals surface area (Å²) < 4.78 is 39.1. The van der Waals surface area contributed by atoms with E-state index in [4.69, 9.17) is 5.11 Å². The van der Waals surface area contributed by atoms with Crippen molar-refractivity contribution in [3.05, 3.63) is 119 Å². The maximum absolute atomic E-state index is 13.5. The molecule has 0 aromatic heterocycles. The maximum atomic E-state index is 13.5. The first kappa shape index (κ1) is 34.0. The van der Waals surface area contributed by atoms with Crippen molar-refractivity contribution in [2.24, 2.45) is 0 Å². The zero-order chi connectivity index (χ0) is 33.5. The smallest absolute Gasteiger partial charge is 0.416 e. The zero-order valence-electron chi connectivity index (χ0n) is 25.9. The second kappa shape index (κ2) is 14.5. The van der Waals surface area contributed by atoms with Gasteiger partial charge in [0.2, 0.25) is 5.91 Å². The van der Waals surface area contributed by atoms with Crippen LogP contribution in [0, 0.1) is 0 Å². The Morgan fingerprint density at radius 1 is 0.696 bits per heavy atom. The highest BCUT2D eigenvalue weighted by Gasteiger charge is 2.30. The van der Waals surface area contributed by atoms with Gasteiger partial charge in [-0.05, 0) is 82.6 Å². The summed E-state index contributed by atoms with van der Waals surface area (Å²) in [5.74, 6) is -1.59. The largest absolute Gasteiger partial charge is 0.481 e. The van der Waals surface area contributed by atoms with Crippen LogP contribution < -0.4 is 10.6 Å². The molecule has 4 aromatic rings. The summed E-state index contributed by atoms with van der Waals surface area (Å²) in [6, 6.07) is 26.2. The van der Waals surface area contributed by atoms with Gasteiger partial charge in [0.05, 0.1) is 5.56 Å². The van der Waals surface area contributed by atoms with E-state index in [9.17, 15) is 27.6 Å². The summed E-state index contributed by atoms with van der Waals surface area (Å²) in [6.07, 6.45) is -3.97. The summed E-state index contributed by atoms with van der Waals surface area (Å²) in [5.41, 5.74) is 4.61. The number of rotatable bonds is 12. The van der Waals surface area contributed by atoms with Gasteiger partial charge in [-0.1, -0.05) is 69.3 Å². The summed E-state index contributed by atoms with van der Waals surface area (Å²) in [7, 11) is 0. The molecule has 46 heavy (non-hydrogen) atoms. The summed E-state index contributed by atoms with van der Waals surface area (Å²) >= 11 is 0. The predicted octanol–water partition coefficient (Wildman–Crippen LogP) is 8.77. The first-order chi connectivity index (χ1) is 21.7. The third-order valence-electron chi connectivity index (χ3n) is 7.62. The van der Waals surface area contributed by atoms with Crippen LogP contribution in [0.2, 0.25) is 0 Å². The molecule has 0 spiro atoms. The van der Waals surface area contributed by atoms with Crippen molar-refractivity contribution >= 4 is 29.0 Å². The fourth-order valence-electron chi connectivity index (χ4n) is 4.91. The average Bonchev–Trinajstić information content (AvgIpc) is 3.00. The van der Waals surface area contributed by atoms with E-state index in [2.05, 4.69) is 55.7 Å². The first-order valence-electron chi connectivity index (χ1n) is 15.0. The van der Waals surface area contributed by atoms with Crippen LogP contribution in [0.4, 0.5) is 24.5 Å². The Labute approximate surface area is 266 Å². The molecule has 0 unspecified atom stereocenters. The minimum absolute atomic E-state index is 0.0448. The minimum atomic E-state index is -4.49. The van der Waals surface area contributed by atoms with Gasteiger partial charge < -0.3 is 15.7 Å².